The van der Waals surface area contributed by atoms with E-state index in [0.29, 0.717) is 5.75 Å². The molecule has 0 unspecified atom stereocenters. The number of rotatable bonds is 11. The number of aromatic nitrogens is 1. The molecule has 0 aliphatic carbocycles. The minimum Gasteiger partial charge on any atom is -0.489 e. The number of hydrogen-bond donors (Lipinski definition) is 2. The first kappa shape index (κ1) is 29.6. The number of nitrogens with one attached hydrogen (secondary N) is 1. The van der Waals surface area contributed by atoms with Crippen LogP contribution in [0.15, 0.2) is 71.0 Å². The van der Waals surface area contributed by atoms with E-state index in [0.717, 1.165) is 22.2 Å². The van der Waals surface area contributed by atoms with E-state index in [2.05, 4.69) is 16.3 Å². The van der Waals surface area contributed by atoms with Gasteiger partial charge >= 0.3 is 5.97 Å². The number of aryl methyl sites for hydroxylation is 1. The van der Waals surface area contributed by atoms with Crippen LogP contribution in [0, 0.1) is 6.92 Å². The zero-order valence-electron chi connectivity index (χ0n) is 22.3. The number of pyridine rings is 1. The molecule has 1 aromatic heterocycles. The van der Waals surface area contributed by atoms with Gasteiger partial charge in [0.25, 0.3) is 0 Å². The highest BCUT2D eigenvalue weighted by atomic mass is 32.2. The van der Waals surface area contributed by atoms with Crippen molar-refractivity contribution in [3.8, 4) is 5.75 Å². The monoisotopic (exact) mass is 588 g/mol. The van der Waals surface area contributed by atoms with Gasteiger partial charge in [-0.3, -0.25) is 14.7 Å². The van der Waals surface area contributed by atoms with Crippen LogP contribution in [-0.4, -0.2) is 80.9 Å². The van der Waals surface area contributed by atoms with Crippen molar-refractivity contribution in [1.29, 1.82) is 0 Å². The van der Waals surface area contributed by atoms with Gasteiger partial charge in [-0.05, 0) is 50.2 Å². The molecule has 1 saturated heterocycles. The van der Waals surface area contributed by atoms with E-state index in [1.807, 2.05) is 37.3 Å². The molecule has 4 rings (SSSR count). The summed E-state index contributed by atoms with van der Waals surface area (Å²) >= 11 is 0. The zero-order chi connectivity index (χ0) is 29.1. The van der Waals surface area contributed by atoms with Gasteiger partial charge in [-0.25, -0.2) is 21.6 Å². The second-order valence-electron chi connectivity index (χ2n) is 9.55. The fraction of sp³-hybridized carbons (Fsp3) is 0.333. The molecule has 0 radical (unpaired) electrons. The lowest BCUT2D eigenvalue weighted by Gasteiger charge is -2.37. The van der Waals surface area contributed by atoms with E-state index in [9.17, 15) is 26.7 Å². The normalized spacial score (nSPS) is 16.1. The van der Waals surface area contributed by atoms with Crippen molar-refractivity contribution in [3.63, 3.8) is 0 Å². The van der Waals surface area contributed by atoms with Crippen LogP contribution in [0.2, 0.25) is 0 Å². The number of fused-ring (bicyclic) bond motifs is 1. The quantitative estimate of drug-likeness (QED) is 0.345. The van der Waals surface area contributed by atoms with Crippen molar-refractivity contribution >= 4 is 36.9 Å². The number of carboxylic acids is 1. The average Bonchev–Trinajstić information content (AvgIpc) is 2.92. The Morgan fingerprint density at radius 3 is 2.35 bits per heavy atom. The molecular formula is C27H32N4O7S2. The molecular weight excluding hydrogens is 556 g/mol. The van der Waals surface area contributed by atoms with Gasteiger partial charge in [0.1, 0.15) is 18.4 Å². The average molecular weight is 589 g/mol. The lowest BCUT2D eigenvalue weighted by atomic mass is 10.1. The van der Waals surface area contributed by atoms with Crippen molar-refractivity contribution in [2.45, 2.75) is 31.4 Å². The zero-order valence-corrected chi connectivity index (χ0v) is 23.9. The second kappa shape index (κ2) is 12.0. The number of hydrogen-bond acceptors (Lipinski definition) is 8. The van der Waals surface area contributed by atoms with E-state index in [1.54, 1.807) is 17.0 Å². The second-order valence-corrected chi connectivity index (χ2v) is 13.5. The third-order valence-electron chi connectivity index (χ3n) is 6.70. The number of allylic oxidation sites excluding steroid dienone is 1. The molecule has 1 fully saturated rings. The van der Waals surface area contributed by atoms with Crippen molar-refractivity contribution in [2.24, 2.45) is 0 Å². The Bertz CT molecular complexity index is 1620. The standard InChI is InChI=1S/C27H32N4O7S2/c1-19(2)40(36,37)31-14-12-30(13-15-31)26(27(32)33)17-28-39(34,35)23-10-8-22(9-11-23)38-18-21-16-20(3)29-25-7-5-4-6-24(21)25/h4-11,16,26,28H,1,12-15,17-18H2,2-3H3,(H,32,33)/t26-/m0/s1. The number of carboxylic acid groups (broad SMARTS) is 1. The van der Waals surface area contributed by atoms with Crippen LogP contribution in [0.25, 0.3) is 10.9 Å². The molecule has 1 atom stereocenters. The highest BCUT2D eigenvalue weighted by Gasteiger charge is 2.34. The van der Waals surface area contributed by atoms with Gasteiger partial charge in [-0.1, -0.05) is 24.8 Å². The van der Waals surface area contributed by atoms with E-state index >= 15 is 0 Å². The summed E-state index contributed by atoms with van der Waals surface area (Å²) in [6.45, 7) is 7.15. The summed E-state index contributed by atoms with van der Waals surface area (Å²) in [6.07, 6.45) is 0. The van der Waals surface area contributed by atoms with Crippen LogP contribution >= 0.6 is 0 Å². The number of benzene rings is 2. The van der Waals surface area contributed by atoms with Gasteiger partial charge < -0.3 is 9.84 Å². The third kappa shape index (κ3) is 6.67. The van der Waals surface area contributed by atoms with Gasteiger partial charge in [0.05, 0.1) is 10.4 Å². The van der Waals surface area contributed by atoms with Crippen LogP contribution in [0.3, 0.4) is 0 Å². The fourth-order valence-corrected chi connectivity index (χ4v) is 6.63. The SMILES string of the molecule is C=C(C)S(=O)(=O)N1CCN([C@@H](CNS(=O)(=O)c2ccc(OCc3cc(C)nc4ccccc34)cc2)C(=O)O)CC1. The lowest BCUT2D eigenvalue weighted by Crippen LogP contribution is -2.56. The number of carbonyl (C=O) groups is 1. The molecule has 0 bridgehead atoms. The summed E-state index contributed by atoms with van der Waals surface area (Å²) < 4.78 is 59.9. The molecule has 0 spiro atoms. The fourth-order valence-electron chi connectivity index (χ4n) is 4.51. The molecule has 2 N–H and O–H groups in total. The van der Waals surface area contributed by atoms with Crippen LogP contribution in [-0.2, 0) is 31.4 Å². The van der Waals surface area contributed by atoms with Crippen LogP contribution in [0.4, 0.5) is 0 Å². The van der Waals surface area contributed by atoms with Gasteiger partial charge in [-0.2, -0.15) is 4.31 Å². The van der Waals surface area contributed by atoms with Gasteiger partial charge in [0.2, 0.25) is 20.0 Å². The summed E-state index contributed by atoms with van der Waals surface area (Å²) in [5, 5.41) is 10.7. The molecule has 214 valence electrons. The van der Waals surface area contributed by atoms with E-state index < -0.39 is 32.1 Å². The summed E-state index contributed by atoms with van der Waals surface area (Å²) in [7, 11) is -7.65. The summed E-state index contributed by atoms with van der Waals surface area (Å²) in [5.41, 5.74) is 2.69. The van der Waals surface area contributed by atoms with Crippen LogP contribution in [0.5, 0.6) is 5.75 Å². The highest BCUT2D eigenvalue weighted by Crippen LogP contribution is 2.22. The number of ether oxygens (including phenoxy) is 1. The van der Waals surface area contributed by atoms with Crippen molar-refractivity contribution in [1.82, 2.24) is 18.9 Å². The smallest absolute Gasteiger partial charge is 0.322 e. The first-order valence-electron chi connectivity index (χ1n) is 12.6. The van der Waals surface area contributed by atoms with E-state index in [1.165, 1.54) is 23.4 Å². The van der Waals surface area contributed by atoms with Gasteiger partial charge in [0, 0.05) is 54.3 Å². The van der Waals surface area contributed by atoms with Crippen LogP contribution < -0.4 is 9.46 Å². The molecule has 1 aliphatic rings. The maximum atomic E-state index is 12.9. The first-order valence-corrected chi connectivity index (χ1v) is 15.5. The lowest BCUT2D eigenvalue weighted by molar-refractivity contribution is -0.143. The molecule has 13 heteroatoms. The summed E-state index contributed by atoms with van der Waals surface area (Å²) in [6, 6.07) is 14.4. The Labute approximate surface area is 234 Å². The summed E-state index contributed by atoms with van der Waals surface area (Å²) in [4.78, 5) is 18.0. The number of nitrogens with zero attached hydrogens (tertiary/aromatic N) is 3. The number of piperazine rings is 1. The highest BCUT2D eigenvalue weighted by molar-refractivity contribution is 7.93. The van der Waals surface area contributed by atoms with Crippen molar-refractivity contribution in [3.05, 3.63) is 77.3 Å². The Morgan fingerprint density at radius 1 is 1.07 bits per heavy atom. The predicted molar refractivity (Wildman–Crippen MR) is 151 cm³/mol. The van der Waals surface area contributed by atoms with E-state index in [-0.39, 0.29) is 49.1 Å². The number of aliphatic carboxylic acids is 1. The molecule has 11 nitrogen and oxygen atoms in total. The predicted octanol–water partition coefficient (Wildman–Crippen LogP) is 2.33. The van der Waals surface area contributed by atoms with Crippen molar-refractivity contribution in [2.75, 3.05) is 32.7 Å². The Hall–Kier alpha value is -3.36. The maximum Gasteiger partial charge on any atom is 0.322 e. The minimum absolute atomic E-state index is 0.0147. The molecule has 2 aromatic carbocycles. The van der Waals surface area contributed by atoms with Crippen molar-refractivity contribution < 1.29 is 31.5 Å². The summed E-state index contributed by atoms with van der Waals surface area (Å²) in [5.74, 6) is -0.731. The van der Waals surface area contributed by atoms with E-state index in [4.69, 9.17) is 4.74 Å². The topological polar surface area (TPSA) is 146 Å². The van der Waals surface area contributed by atoms with Gasteiger partial charge in [0.15, 0.2) is 0 Å². The maximum absolute atomic E-state index is 12.9. The molecule has 1 aliphatic heterocycles. The minimum atomic E-state index is -4.01. The third-order valence-corrected chi connectivity index (χ3v) is 10.1. The molecule has 40 heavy (non-hydrogen) atoms. The number of para-hydroxylation sites is 1. The van der Waals surface area contributed by atoms with Gasteiger partial charge in [-0.15, -0.1) is 0 Å². The Kier molecular flexibility index (Phi) is 8.90. The number of sulfonamides is 2. The van der Waals surface area contributed by atoms with Crippen LogP contribution in [0.1, 0.15) is 18.2 Å². The molecule has 0 saturated carbocycles. The molecule has 3 aromatic rings. The molecule has 2 heterocycles. The Balaban J connectivity index is 1.37. The largest absolute Gasteiger partial charge is 0.489 e. The Morgan fingerprint density at radius 2 is 1.73 bits per heavy atom. The molecule has 0 amide bonds. The first-order chi connectivity index (χ1) is 18.9.